The van der Waals surface area contributed by atoms with Gasteiger partial charge in [-0.1, -0.05) is 18.2 Å². The average Bonchev–Trinajstić information content (AvgIpc) is 2.95. The first-order valence-electron chi connectivity index (χ1n) is 7.33. The molecule has 4 heteroatoms. The average molecular weight is 281 g/mol. The van der Waals surface area contributed by atoms with Gasteiger partial charge in [-0.3, -0.25) is 9.78 Å². The van der Waals surface area contributed by atoms with Gasteiger partial charge < -0.3 is 10.2 Å². The van der Waals surface area contributed by atoms with Crippen molar-refractivity contribution in [3.8, 4) is 0 Å². The molecule has 21 heavy (non-hydrogen) atoms. The lowest BCUT2D eigenvalue weighted by molar-refractivity contribution is -0.117. The minimum absolute atomic E-state index is 0.232. The Labute approximate surface area is 124 Å². The third-order valence-electron chi connectivity index (χ3n) is 3.68. The molecule has 108 valence electrons. The number of nitrogens with one attached hydrogen (secondary N) is 1. The smallest absolute Gasteiger partial charge is 0.227 e. The Kier molecular flexibility index (Phi) is 4.26. The van der Waals surface area contributed by atoms with E-state index in [0.717, 1.165) is 37.4 Å². The van der Waals surface area contributed by atoms with Crippen LogP contribution in [0.15, 0.2) is 48.7 Å². The van der Waals surface area contributed by atoms with E-state index in [4.69, 9.17) is 0 Å². The normalized spacial score (nSPS) is 14.7. The Bertz CT molecular complexity index is 595. The van der Waals surface area contributed by atoms with Crippen LogP contribution in [0.1, 0.15) is 24.1 Å². The van der Waals surface area contributed by atoms with Gasteiger partial charge in [-0.25, -0.2) is 0 Å². The van der Waals surface area contributed by atoms with Gasteiger partial charge in [0.15, 0.2) is 0 Å². The Hall–Kier alpha value is -2.20. The lowest BCUT2D eigenvalue weighted by atomic mass is 10.2. The van der Waals surface area contributed by atoms with Crippen molar-refractivity contribution in [2.45, 2.75) is 25.9 Å². The second-order valence-corrected chi connectivity index (χ2v) is 5.24. The van der Waals surface area contributed by atoms with E-state index in [9.17, 15) is 4.79 Å². The highest BCUT2D eigenvalue weighted by Gasteiger charge is 2.21. The van der Waals surface area contributed by atoms with Crippen LogP contribution in [0.25, 0.3) is 0 Å². The third-order valence-corrected chi connectivity index (χ3v) is 3.68. The summed E-state index contributed by atoms with van der Waals surface area (Å²) in [6, 6.07) is 14.1. The van der Waals surface area contributed by atoms with Gasteiger partial charge >= 0.3 is 0 Å². The molecule has 0 unspecified atom stereocenters. The van der Waals surface area contributed by atoms with E-state index in [2.05, 4.69) is 22.4 Å². The minimum Gasteiger partial charge on any atom is -0.312 e. The van der Waals surface area contributed by atoms with Gasteiger partial charge in [-0.2, -0.15) is 0 Å². The molecule has 0 saturated carbocycles. The predicted molar refractivity (Wildman–Crippen MR) is 82.8 cm³/mol. The number of aromatic nitrogens is 1. The van der Waals surface area contributed by atoms with Crippen LogP contribution in [-0.2, 0) is 17.9 Å². The Balaban J connectivity index is 1.54. The van der Waals surface area contributed by atoms with Crippen molar-refractivity contribution < 1.29 is 4.79 Å². The number of hydrogen-bond acceptors (Lipinski definition) is 3. The maximum absolute atomic E-state index is 11.7. The summed E-state index contributed by atoms with van der Waals surface area (Å²) in [7, 11) is 0. The molecule has 2 heterocycles. The zero-order chi connectivity index (χ0) is 14.5. The van der Waals surface area contributed by atoms with Crippen molar-refractivity contribution in [1.29, 1.82) is 0 Å². The van der Waals surface area contributed by atoms with Crippen LogP contribution in [0.2, 0.25) is 0 Å². The summed E-state index contributed by atoms with van der Waals surface area (Å²) in [5.74, 6) is 0.232. The van der Waals surface area contributed by atoms with E-state index in [1.807, 2.05) is 35.2 Å². The molecule has 0 radical (unpaired) electrons. The standard InChI is InChI=1S/C17H19N3O/c21-17-5-3-11-20(17)16-8-6-14(7-9-16)12-18-13-15-4-1-2-10-19-15/h1-2,4,6-10,18H,3,5,11-13H2. The topological polar surface area (TPSA) is 45.2 Å². The van der Waals surface area contributed by atoms with Crippen LogP contribution in [0.4, 0.5) is 5.69 Å². The number of rotatable bonds is 5. The summed E-state index contributed by atoms with van der Waals surface area (Å²) < 4.78 is 0. The van der Waals surface area contributed by atoms with Crippen LogP contribution in [-0.4, -0.2) is 17.4 Å². The maximum atomic E-state index is 11.7. The number of nitrogens with zero attached hydrogens (tertiary/aromatic N) is 2. The molecule has 1 fully saturated rings. The van der Waals surface area contributed by atoms with Gasteiger partial charge in [0, 0.05) is 37.9 Å². The monoisotopic (exact) mass is 281 g/mol. The minimum atomic E-state index is 0.232. The highest BCUT2D eigenvalue weighted by atomic mass is 16.2. The van der Waals surface area contributed by atoms with Crippen molar-refractivity contribution in [3.63, 3.8) is 0 Å². The molecule has 1 amide bonds. The van der Waals surface area contributed by atoms with Crippen LogP contribution in [0, 0.1) is 0 Å². The molecule has 1 aromatic heterocycles. The molecule has 3 rings (SSSR count). The van der Waals surface area contributed by atoms with Crippen LogP contribution >= 0.6 is 0 Å². The molecular formula is C17H19N3O. The molecule has 1 aromatic carbocycles. The Morgan fingerprint density at radius 3 is 2.62 bits per heavy atom. The van der Waals surface area contributed by atoms with Crippen LogP contribution in [0.3, 0.4) is 0 Å². The fourth-order valence-corrected chi connectivity index (χ4v) is 2.55. The van der Waals surface area contributed by atoms with E-state index in [1.165, 1.54) is 5.56 Å². The van der Waals surface area contributed by atoms with Crippen molar-refractivity contribution in [1.82, 2.24) is 10.3 Å². The quantitative estimate of drug-likeness (QED) is 0.916. The zero-order valence-electron chi connectivity index (χ0n) is 12.0. The number of hydrogen-bond donors (Lipinski definition) is 1. The fourth-order valence-electron chi connectivity index (χ4n) is 2.55. The molecule has 1 aliphatic rings. The summed E-state index contributed by atoms with van der Waals surface area (Å²) in [6.07, 6.45) is 3.44. The Morgan fingerprint density at radius 1 is 1.10 bits per heavy atom. The first-order chi connectivity index (χ1) is 10.3. The number of benzene rings is 1. The lowest BCUT2D eigenvalue weighted by Gasteiger charge is -2.16. The molecule has 0 bridgehead atoms. The van der Waals surface area contributed by atoms with Gasteiger partial charge in [-0.05, 0) is 36.2 Å². The molecule has 1 saturated heterocycles. The lowest BCUT2D eigenvalue weighted by Crippen LogP contribution is -2.23. The summed E-state index contributed by atoms with van der Waals surface area (Å²) in [4.78, 5) is 17.8. The molecule has 1 aliphatic heterocycles. The zero-order valence-corrected chi connectivity index (χ0v) is 12.0. The Morgan fingerprint density at radius 2 is 1.95 bits per heavy atom. The van der Waals surface area contributed by atoms with Crippen molar-refractivity contribution >= 4 is 11.6 Å². The molecule has 0 spiro atoms. The SMILES string of the molecule is O=C1CCCN1c1ccc(CNCc2ccccn2)cc1. The number of amides is 1. The van der Waals surface area contributed by atoms with Gasteiger partial charge in [0.1, 0.15) is 0 Å². The molecular weight excluding hydrogens is 262 g/mol. The second kappa shape index (κ2) is 6.50. The summed E-state index contributed by atoms with van der Waals surface area (Å²) in [6.45, 7) is 2.40. The first kappa shape index (κ1) is 13.8. The van der Waals surface area contributed by atoms with Crippen LogP contribution < -0.4 is 10.2 Å². The van der Waals surface area contributed by atoms with Gasteiger partial charge in [0.05, 0.1) is 5.69 Å². The first-order valence-corrected chi connectivity index (χ1v) is 7.33. The van der Waals surface area contributed by atoms with Gasteiger partial charge in [-0.15, -0.1) is 0 Å². The van der Waals surface area contributed by atoms with E-state index in [-0.39, 0.29) is 5.91 Å². The number of carbonyl (C=O) groups is 1. The second-order valence-electron chi connectivity index (χ2n) is 5.24. The fraction of sp³-hybridized carbons (Fsp3) is 0.294. The summed E-state index contributed by atoms with van der Waals surface area (Å²) >= 11 is 0. The van der Waals surface area contributed by atoms with Crippen molar-refractivity contribution in [2.75, 3.05) is 11.4 Å². The van der Waals surface area contributed by atoms with E-state index >= 15 is 0 Å². The molecule has 0 atom stereocenters. The molecule has 2 aromatic rings. The third kappa shape index (κ3) is 3.47. The van der Waals surface area contributed by atoms with Crippen LogP contribution in [0.5, 0.6) is 0 Å². The van der Waals surface area contributed by atoms with E-state index in [0.29, 0.717) is 6.42 Å². The number of anilines is 1. The maximum Gasteiger partial charge on any atom is 0.227 e. The number of carbonyl (C=O) groups excluding carboxylic acids is 1. The van der Waals surface area contributed by atoms with Gasteiger partial charge in [0.25, 0.3) is 0 Å². The summed E-state index contributed by atoms with van der Waals surface area (Å²) in [5, 5.41) is 3.37. The van der Waals surface area contributed by atoms with Gasteiger partial charge in [0.2, 0.25) is 5.91 Å². The highest BCUT2D eigenvalue weighted by molar-refractivity contribution is 5.95. The molecule has 0 aliphatic carbocycles. The number of pyridine rings is 1. The van der Waals surface area contributed by atoms with Crippen molar-refractivity contribution in [2.24, 2.45) is 0 Å². The molecule has 4 nitrogen and oxygen atoms in total. The predicted octanol–water partition coefficient (Wildman–Crippen LogP) is 2.50. The molecule has 1 N–H and O–H groups in total. The van der Waals surface area contributed by atoms with Crippen molar-refractivity contribution in [3.05, 3.63) is 59.9 Å². The highest BCUT2D eigenvalue weighted by Crippen LogP contribution is 2.21. The summed E-state index contributed by atoms with van der Waals surface area (Å²) in [5.41, 5.74) is 3.25. The van der Waals surface area contributed by atoms with E-state index < -0.39 is 0 Å². The largest absolute Gasteiger partial charge is 0.312 e. The van der Waals surface area contributed by atoms with E-state index in [1.54, 1.807) is 6.20 Å².